The zero-order chi connectivity index (χ0) is 10.7. The number of nitrogens with one attached hydrogen (secondary N) is 1. The summed E-state index contributed by atoms with van der Waals surface area (Å²) in [7, 11) is 0. The molecule has 1 nitrogen and oxygen atoms in total. The van der Waals surface area contributed by atoms with E-state index in [1.54, 1.807) is 0 Å². The third-order valence-electron chi connectivity index (χ3n) is 3.44. The Balaban J connectivity index is 2.43. The van der Waals surface area contributed by atoms with E-state index in [4.69, 9.17) is 0 Å². The Morgan fingerprint density at radius 1 is 1.14 bits per heavy atom. The van der Waals surface area contributed by atoms with Gasteiger partial charge in [0.25, 0.3) is 0 Å². The first-order valence-electron chi connectivity index (χ1n) is 6.22. The largest absolute Gasteiger partial charge is 0.312 e. The predicted octanol–water partition coefficient (Wildman–Crippen LogP) is 3.74. The fourth-order valence-corrected chi connectivity index (χ4v) is 2.62. The highest BCUT2D eigenvalue weighted by Gasteiger charge is 2.33. The molecule has 0 aromatic rings. The third kappa shape index (κ3) is 3.61. The summed E-state index contributed by atoms with van der Waals surface area (Å²) in [5.41, 5.74) is 0.922. The van der Waals surface area contributed by atoms with Gasteiger partial charge in [0.05, 0.1) is 0 Å². The average molecular weight is 197 g/mol. The Labute approximate surface area is 89.7 Å². The normalized spacial score (nSPS) is 21.4. The fraction of sp³-hybridized carbons (Fsp3) is 1.00. The van der Waals surface area contributed by atoms with Gasteiger partial charge in [-0.05, 0) is 45.4 Å². The van der Waals surface area contributed by atoms with Crippen molar-refractivity contribution < 1.29 is 0 Å². The topological polar surface area (TPSA) is 12.0 Å². The molecule has 14 heavy (non-hydrogen) atoms. The number of hydrogen-bond donors (Lipinski definition) is 1. The Bertz CT molecular complexity index is 161. The van der Waals surface area contributed by atoms with Gasteiger partial charge in [-0.2, -0.15) is 0 Å². The minimum Gasteiger partial charge on any atom is -0.312 e. The van der Waals surface area contributed by atoms with E-state index in [1.165, 1.54) is 45.1 Å². The molecular weight excluding hydrogens is 170 g/mol. The Morgan fingerprint density at radius 2 is 1.71 bits per heavy atom. The third-order valence-corrected chi connectivity index (χ3v) is 3.44. The summed E-state index contributed by atoms with van der Waals surface area (Å²) in [5.74, 6) is 0. The van der Waals surface area contributed by atoms with E-state index in [-0.39, 0.29) is 5.54 Å². The van der Waals surface area contributed by atoms with Gasteiger partial charge in [-0.25, -0.2) is 0 Å². The van der Waals surface area contributed by atoms with Gasteiger partial charge in [-0.15, -0.1) is 0 Å². The van der Waals surface area contributed by atoms with Crippen molar-refractivity contribution in [1.29, 1.82) is 0 Å². The molecule has 0 saturated heterocycles. The average Bonchev–Trinajstić information content (AvgIpc) is 2.50. The van der Waals surface area contributed by atoms with Crippen molar-refractivity contribution in [3.63, 3.8) is 0 Å². The van der Waals surface area contributed by atoms with E-state index >= 15 is 0 Å². The van der Waals surface area contributed by atoms with Crippen LogP contribution in [0, 0.1) is 5.41 Å². The maximum Gasteiger partial charge on any atom is 0.00967 e. The van der Waals surface area contributed by atoms with Crippen molar-refractivity contribution in [3.05, 3.63) is 0 Å². The summed E-state index contributed by atoms with van der Waals surface area (Å²) in [6.45, 7) is 10.3. The Hall–Kier alpha value is -0.0400. The van der Waals surface area contributed by atoms with Crippen LogP contribution in [0.4, 0.5) is 0 Å². The van der Waals surface area contributed by atoms with E-state index in [2.05, 4.69) is 33.0 Å². The van der Waals surface area contributed by atoms with Gasteiger partial charge in [0, 0.05) is 12.1 Å². The van der Waals surface area contributed by atoms with Crippen molar-refractivity contribution in [2.75, 3.05) is 6.54 Å². The Kier molecular flexibility index (Phi) is 4.00. The van der Waals surface area contributed by atoms with Crippen molar-refractivity contribution in [3.8, 4) is 0 Å². The predicted molar refractivity (Wildman–Crippen MR) is 63.6 cm³/mol. The molecule has 1 saturated carbocycles. The lowest BCUT2D eigenvalue weighted by atomic mass is 9.81. The van der Waals surface area contributed by atoms with Gasteiger partial charge >= 0.3 is 0 Å². The van der Waals surface area contributed by atoms with Crippen LogP contribution in [-0.4, -0.2) is 12.1 Å². The first-order valence-corrected chi connectivity index (χ1v) is 6.22. The van der Waals surface area contributed by atoms with Gasteiger partial charge in [0.15, 0.2) is 0 Å². The maximum atomic E-state index is 3.69. The van der Waals surface area contributed by atoms with Crippen LogP contribution in [-0.2, 0) is 0 Å². The summed E-state index contributed by atoms with van der Waals surface area (Å²) < 4.78 is 0. The van der Waals surface area contributed by atoms with E-state index in [0.29, 0.717) is 5.41 Å². The van der Waals surface area contributed by atoms with Crippen LogP contribution >= 0.6 is 0 Å². The molecule has 1 heteroatoms. The van der Waals surface area contributed by atoms with E-state index in [1.807, 2.05) is 0 Å². The molecule has 0 radical (unpaired) electrons. The van der Waals surface area contributed by atoms with Crippen LogP contribution < -0.4 is 5.32 Å². The second-order valence-electron chi connectivity index (χ2n) is 6.06. The molecule has 0 aliphatic heterocycles. The van der Waals surface area contributed by atoms with Crippen LogP contribution in [0.15, 0.2) is 0 Å². The molecule has 0 bridgehead atoms. The molecule has 0 amide bonds. The number of hydrogen-bond acceptors (Lipinski definition) is 1. The minimum atomic E-state index is 0.281. The molecule has 0 unspecified atom stereocenters. The van der Waals surface area contributed by atoms with Gasteiger partial charge < -0.3 is 5.32 Å². The highest BCUT2D eigenvalue weighted by Crippen LogP contribution is 2.41. The van der Waals surface area contributed by atoms with E-state index in [0.717, 1.165) is 0 Å². The molecule has 0 aromatic carbocycles. The standard InChI is InChI=1S/C13H27N/c1-5-8-13(9-6-7-10-13)11-14-12(2,3)4/h14H,5-11H2,1-4H3. The molecule has 0 atom stereocenters. The quantitative estimate of drug-likeness (QED) is 0.724. The van der Waals surface area contributed by atoms with Crippen molar-refractivity contribution in [1.82, 2.24) is 5.32 Å². The van der Waals surface area contributed by atoms with Crippen molar-refractivity contribution in [2.45, 2.75) is 71.8 Å². The minimum absolute atomic E-state index is 0.281. The Morgan fingerprint density at radius 3 is 2.14 bits per heavy atom. The van der Waals surface area contributed by atoms with Gasteiger partial charge in [-0.1, -0.05) is 26.2 Å². The summed E-state index contributed by atoms with van der Waals surface area (Å²) in [6.07, 6.45) is 8.55. The zero-order valence-corrected chi connectivity index (χ0v) is 10.4. The van der Waals surface area contributed by atoms with Crippen molar-refractivity contribution >= 4 is 0 Å². The SMILES string of the molecule is CCCC1(CNC(C)(C)C)CCCC1. The van der Waals surface area contributed by atoms with E-state index < -0.39 is 0 Å². The van der Waals surface area contributed by atoms with Crippen LogP contribution in [0.5, 0.6) is 0 Å². The highest BCUT2D eigenvalue weighted by molar-refractivity contribution is 4.88. The van der Waals surface area contributed by atoms with Gasteiger partial charge in [0.2, 0.25) is 0 Å². The lowest BCUT2D eigenvalue weighted by molar-refractivity contribution is 0.227. The molecule has 1 rings (SSSR count). The van der Waals surface area contributed by atoms with Gasteiger partial charge in [0.1, 0.15) is 0 Å². The number of rotatable bonds is 4. The molecule has 1 N–H and O–H groups in total. The maximum absolute atomic E-state index is 3.69. The highest BCUT2D eigenvalue weighted by atomic mass is 15.0. The van der Waals surface area contributed by atoms with Crippen LogP contribution in [0.1, 0.15) is 66.2 Å². The summed E-state index contributed by atoms with van der Waals surface area (Å²) in [4.78, 5) is 0. The molecule has 0 aromatic heterocycles. The van der Waals surface area contributed by atoms with Crippen LogP contribution in [0.2, 0.25) is 0 Å². The second kappa shape index (κ2) is 4.65. The first kappa shape index (κ1) is 12.0. The molecule has 84 valence electrons. The molecule has 0 heterocycles. The molecule has 0 spiro atoms. The lowest BCUT2D eigenvalue weighted by Crippen LogP contribution is -2.43. The summed E-state index contributed by atoms with van der Waals surface area (Å²) >= 11 is 0. The fourth-order valence-electron chi connectivity index (χ4n) is 2.62. The van der Waals surface area contributed by atoms with Crippen LogP contribution in [0.3, 0.4) is 0 Å². The zero-order valence-electron chi connectivity index (χ0n) is 10.4. The monoisotopic (exact) mass is 197 g/mol. The lowest BCUT2D eigenvalue weighted by Gasteiger charge is -2.33. The first-order chi connectivity index (χ1) is 6.47. The molecule has 1 aliphatic carbocycles. The smallest absolute Gasteiger partial charge is 0.00967 e. The molecule has 1 aliphatic rings. The van der Waals surface area contributed by atoms with Crippen LogP contribution in [0.25, 0.3) is 0 Å². The van der Waals surface area contributed by atoms with E-state index in [9.17, 15) is 0 Å². The molecule has 1 fully saturated rings. The summed E-state index contributed by atoms with van der Waals surface area (Å²) in [5, 5.41) is 3.69. The second-order valence-corrected chi connectivity index (χ2v) is 6.06. The summed E-state index contributed by atoms with van der Waals surface area (Å²) in [6, 6.07) is 0. The molecular formula is C13H27N. The van der Waals surface area contributed by atoms with Crippen molar-refractivity contribution in [2.24, 2.45) is 5.41 Å². The van der Waals surface area contributed by atoms with Gasteiger partial charge in [-0.3, -0.25) is 0 Å².